The zero-order valence-corrected chi connectivity index (χ0v) is 11.5. The molecule has 0 aromatic rings. The van der Waals surface area contributed by atoms with Crippen LogP contribution in [-0.2, 0) is 19.6 Å². The van der Waals surface area contributed by atoms with Crippen molar-refractivity contribution in [2.75, 3.05) is 32.6 Å². The first-order chi connectivity index (χ1) is 8.47. The van der Waals surface area contributed by atoms with E-state index >= 15 is 0 Å². The molecule has 1 N–H and O–H groups in total. The van der Waals surface area contributed by atoms with Gasteiger partial charge in [-0.15, -0.1) is 0 Å². The molecule has 0 aromatic heterocycles. The summed E-state index contributed by atoms with van der Waals surface area (Å²) in [4.78, 5) is 10.9. The van der Waals surface area contributed by atoms with Crippen LogP contribution in [0.3, 0.4) is 0 Å². The number of piperidine rings is 1. The molecule has 1 heterocycles. The van der Waals surface area contributed by atoms with E-state index in [1.807, 2.05) is 0 Å². The standard InChI is InChI=1S/C11H21NO5S/c1-17-7-2-3-8-18(15,16)12-6-4-5-10(9-12)11(13)14/h10H,2-9H2,1H3,(H,13,14). The quantitative estimate of drug-likeness (QED) is 0.688. The normalized spacial score (nSPS) is 21.9. The van der Waals surface area contributed by atoms with Crippen LogP contribution in [0.5, 0.6) is 0 Å². The van der Waals surface area contributed by atoms with Gasteiger partial charge < -0.3 is 9.84 Å². The number of methoxy groups -OCH3 is 1. The molecule has 1 rings (SSSR count). The number of carboxylic acid groups (broad SMARTS) is 1. The number of carboxylic acids is 1. The van der Waals surface area contributed by atoms with Gasteiger partial charge in [-0.1, -0.05) is 0 Å². The van der Waals surface area contributed by atoms with E-state index in [1.54, 1.807) is 7.11 Å². The number of carbonyl (C=O) groups is 1. The Kier molecular flexibility index (Phi) is 6.04. The molecule has 0 aliphatic carbocycles. The Morgan fingerprint density at radius 2 is 2.17 bits per heavy atom. The average Bonchev–Trinajstić information content (AvgIpc) is 2.35. The summed E-state index contributed by atoms with van der Waals surface area (Å²) in [6, 6.07) is 0. The summed E-state index contributed by atoms with van der Waals surface area (Å²) in [6.07, 6.45) is 2.43. The second-order valence-corrected chi connectivity index (χ2v) is 6.64. The minimum atomic E-state index is -3.32. The largest absolute Gasteiger partial charge is 0.481 e. The van der Waals surface area contributed by atoms with Crippen LogP contribution in [0.25, 0.3) is 0 Å². The van der Waals surface area contributed by atoms with E-state index in [0.29, 0.717) is 38.8 Å². The Bertz CT molecular complexity index is 368. The van der Waals surface area contributed by atoms with Gasteiger partial charge >= 0.3 is 5.97 Å². The molecule has 0 radical (unpaired) electrons. The second kappa shape index (κ2) is 7.06. The number of hydrogen-bond acceptors (Lipinski definition) is 4. The van der Waals surface area contributed by atoms with Crippen molar-refractivity contribution in [2.45, 2.75) is 25.7 Å². The number of sulfonamides is 1. The molecule has 1 unspecified atom stereocenters. The zero-order chi connectivity index (χ0) is 13.6. The van der Waals surface area contributed by atoms with E-state index in [0.717, 1.165) is 0 Å². The molecule has 7 heteroatoms. The molecule has 1 aliphatic heterocycles. The van der Waals surface area contributed by atoms with Gasteiger partial charge in [0, 0.05) is 26.8 Å². The predicted octanol–water partition coefficient (Wildman–Crippen LogP) is 0.539. The van der Waals surface area contributed by atoms with Crippen LogP contribution in [-0.4, -0.2) is 56.4 Å². The first-order valence-electron chi connectivity index (χ1n) is 6.17. The number of aliphatic carboxylic acids is 1. The summed E-state index contributed by atoms with van der Waals surface area (Å²) in [5.74, 6) is -1.40. The summed E-state index contributed by atoms with van der Waals surface area (Å²) in [7, 11) is -1.74. The van der Waals surface area contributed by atoms with Gasteiger partial charge in [-0.05, 0) is 25.7 Å². The van der Waals surface area contributed by atoms with E-state index in [1.165, 1.54) is 4.31 Å². The van der Waals surface area contributed by atoms with Crippen molar-refractivity contribution >= 4 is 16.0 Å². The number of unbranched alkanes of at least 4 members (excludes halogenated alkanes) is 1. The Morgan fingerprint density at radius 3 is 2.78 bits per heavy atom. The summed E-state index contributed by atoms with van der Waals surface area (Å²) in [6.45, 7) is 1.10. The van der Waals surface area contributed by atoms with Crippen molar-refractivity contribution in [3.8, 4) is 0 Å². The summed E-state index contributed by atoms with van der Waals surface area (Å²) in [5.41, 5.74) is 0. The Hall–Kier alpha value is -0.660. The van der Waals surface area contributed by atoms with Gasteiger partial charge in [-0.25, -0.2) is 12.7 Å². The van der Waals surface area contributed by atoms with Crippen molar-refractivity contribution in [3.05, 3.63) is 0 Å². The Morgan fingerprint density at radius 1 is 1.44 bits per heavy atom. The molecule has 1 aliphatic rings. The van der Waals surface area contributed by atoms with Crippen molar-refractivity contribution in [1.82, 2.24) is 4.31 Å². The van der Waals surface area contributed by atoms with Crippen LogP contribution in [0.2, 0.25) is 0 Å². The summed E-state index contributed by atoms with van der Waals surface area (Å²) >= 11 is 0. The second-order valence-electron chi connectivity index (χ2n) is 4.55. The third kappa shape index (κ3) is 4.55. The number of ether oxygens (including phenoxy) is 1. The highest BCUT2D eigenvalue weighted by atomic mass is 32.2. The van der Waals surface area contributed by atoms with Crippen molar-refractivity contribution in [2.24, 2.45) is 5.92 Å². The molecule has 1 fully saturated rings. The first-order valence-corrected chi connectivity index (χ1v) is 7.78. The third-order valence-electron chi connectivity index (χ3n) is 3.13. The fourth-order valence-electron chi connectivity index (χ4n) is 2.06. The first kappa shape index (κ1) is 15.4. The molecule has 1 atom stereocenters. The van der Waals surface area contributed by atoms with Crippen LogP contribution in [0.15, 0.2) is 0 Å². The summed E-state index contributed by atoms with van der Waals surface area (Å²) in [5, 5.41) is 8.93. The molecule has 0 bridgehead atoms. The minimum absolute atomic E-state index is 0.0721. The lowest BCUT2D eigenvalue weighted by atomic mass is 10.0. The van der Waals surface area contributed by atoms with E-state index in [4.69, 9.17) is 9.84 Å². The van der Waals surface area contributed by atoms with Crippen LogP contribution in [0.4, 0.5) is 0 Å². The van der Waals surface area contributed by atoms with Crippen molar-refractivity contribution in [1.29, 1.82) is 0 Å². The number of rotatable bonds is 7. The minimum Gasteiger partial charge on any atom is -0.481 e. The van der Waals surface area contributed by atoms with Crippen LogP contribution in [0.1, 0.15) is 25.7 Å². The van der Waals surface area contributed by atoms with E-state index < -0.39 is 21.9 Å². The van der Waals surface area contributed by atoms with E-state index in [-0.39, 0.29) is 12.3 Å². The van der Waals surface area contributed by atoms with Gasteiger partial charge in [0.05, 0.1) is 11.7 Å². The lowest BCUT2D eigenvalue weighted by Gasteiger charge is -2.29. The van der Waals surface area contributed by atoms with E-state index in [9.17, 15) is 13.2 Å². The maximum Gasteiger partial charge on any atom is 0.307 e. The third-order valence-corrected chi connectivity index (χ3v) is 5.05. The van der Waals surface area contributed by atoms with Crippen molar-refractivity contribution in [3.63, 3.8) is 0 Å². The molecule has 106 valence electrons. The van der Waals surface area contributed by atoms with Gasteiger partial charge in [-0.2, -0.15) is 0 Å². The molecule has 0 amide bonds. The highest BCUT2D eigenvalue weighted by molar-refractivity contribution is 7.89. The molecular weight excluding hydrogens is 258 g/mol. The smallest absolute Gasteiger partial charge is 0.307 e. The maximum absolute atomic E-state index is 12.0. The lowest BCUT2D eigenvalue weighted by molar-refractivity contribution is -0.142. The fourth-order valence-corrected chi connectivity index (χ4v) is 3.70. The molecule has 18 heavy (non-hydrogen) atoms. The lowest BCUT2D eigenvalue weighted by Crippen LogP contribution is -2.43. The van der Waals surface area contributed by atoms with Gasteiger partial charge in [0.2, 0.25) is 10.0 Å². The van der Waals surface area contributed by atoms with Crippen molar-refractivity contribution < 1.29 is 23.1 Å². The highest BCUT2D eigenvalue weighted by Gasteiger charge is 2.31. The molecular formula is C11H21NO5S. The zero-order valence-electron chi connectivity index (χ0n) is 10.7. The number of hydrogen-bond donors (Lipinski definition) is 1. The Labute approximate surface area is 108 Å². The molecule has 0 saturated carbocycles. The van der Waals surface area contributed by atoms with Gasteiger partial charge in [0.1, 0.15) is 0 Å². The SMILES string of the molecule is COCCCCS(=O)(=O)N1CCCC(C(=O)O)C1. The molecule has 0 spiro atoms. The van der Waals surface area contributed by atoms with Crippen LogP contribution in [0, 0.1) is 5.92 Å². The predicted molar refractivity (Wildman–Crippen MR) is 66.8 cm³/mol. The molecule has 1 saturated heterocycles. The van der Waals surface area contributed by atoms with Gasteiger partial charge in [-0.3, -0.25) is 4.79 Å². The Balaban J connectivity index is 2.48. The van der Waals surface area contributed by atoms with Gasteiger partial charge in [0.15, 0.2) is 0 Å². The van der Waals surface area contributed by atoms with E-state index in [2.05, 4.69) is 0 Å². The number of nitrogens with zero attached hydrogens (tertiary/aromatic N) is 1. The highest BCUT2D eigenvalue weighted by Crippen LogP contribution is 2.20. The summed E-state index contributed by atoms with van der Waals surface area (Å²) < 4.78 is 30.2. The van der Waals surface area contributed by atoms with Crippen LogP contribution >= 0.6 is 0 Å². The van der Waals surface area contributed by atoms with Crippen LogP contribution < -0.4 is 0 Å². The topological polar surface area (TPSA) is 83.9 Å². The average molecular weight is 279 g/mol. The molecule has 6 nitrogen and oxygen atoms in total. The maximum atomic E-state index is 12.0. The molecule has 0 aromatic carbocycles. The monoisotopic (exact) mass is 279 g/mol. The van der Waals surface area contributed by atoms with Gasteiger partial charge in [0.25, 0.3) is 0 Å². The fraction of sp³-hybridized carbons (Fsp3) is 0.909.